The molecule has 0 atom stereocenters. The predicted molar refractivity (Wildman–Crippen MR) is 109 cm³/mol. The van der Waals surface area contributed by atoms with E-state index in [0.29, 0.717) is 30.3 Å². The van der Waals surface area contributed by atoms with E-state index in [2.05, 4.69) is 34.3 Å². The highest BCUT2D eigenvalue weighted by Gasteiger charge is 2.32. The number of likely N-dealkylation sites (N-methyl/N-ethyl adjacent to an activating group) is 2. The first-order chi connectivity index (χ1) is 13.7. The van der Waals surface area contributed by atoms with E-state index in [1.807, 2.05) is 14.1 Å². The van der Waals surface area contributed by atoms with E-state index in [-0.39, 0.29) is 5.75 Å². The van der Waals surface area contributed by atoms with Crippen molar-refractivity contribution in [3.05, 3.63) is 35.5 Å². The largest absolute Gasteiger partial charge is 0.494 e. The molecule has 1 aromatic heterocycles. The van der Waals surface area contributed by atoms with Crippen LogP contribution in [0.5, 0.6) is 5.75 Å². The van der Waals surface area contributed by atoms with Gasteiger partial charge in [-0.2, -0.15) is 18.3 Å². The Kier molecular flexibility index (Phi) is 8.52. The van der Waals surface area contributed by atoms with Gasteiger partial charge in [-0.15, -0.1) is 0 Å². The third-order valence-corrected chi connectivity index (χ3v) is 4.62. The van der Waals surface area contributed by atoms with E-state index in [1.54, 1.807) is 12.3 Å². The van der Waals surface area contributed by atoms with Crippen LogP contribution in [0.2, 0.25) is 0 Å². The smallest absolute Gasteiger partial charge is 0.416 e. The lowest BCUT2D eigenvalue weighted by Gasteiger charge is -2.17. The molecule has 8 heteroatoms. The summed E-state index contributed by atoms with van der Waals surface area (Å²) in [4.78, 5) is 2.09. The normalized spacial score (nSPS) is 12.2. The molecule has 0 aliphatic heterocycles. The van der Waals surface area contributed by atoms with Crippen LogP contribution in [0.3, 0.4) is 0 Å². The van der Waals surface area contributed by atoms with Gasteiger partial charge in [0.05, 0.1) is 24.1 Å². The maximum atomic E-state index is 13.4. The quantitative estimate of drug-likeness (QED) is 0.531. The summed E-state index contributed by atoms with van der Waals surface area (Å²) in [5.41, 5.74) is 1.12. The number of alkyl halides is 3. The Morgan fingerprint density at radius 1 is 1.24 bits per heavy atom. The lowest BCUT2D eigenvalue weighted by Crippen LogP contribution is -2.27. The number of nitrogens with zero attached hydrogens (tertiary/aromatic N) is 2. The van der Waals surface area contributed by atoms with E-state index < -0.39 is 11.7 Å². The maximum absolute atomic E-state index is 13.4. The average molecular weight is 413 g/mol. The first-order valence-electron chi connectivity index (χ1n) is 9.91. The minimum Gasteiger partial charge on any atom is -0.494 e. The third kappa shape index (κ3) is 7.36. The minimum absolute atomic E-state index is 0.225. The Labute approximate surface area is 170 Å². The van der Waals surface area contributed by atoms with Crippen LogP contribution in [0.15, 0.2) is 24.4 Å². The zero-order valence-corrected chi connectivity index (χ0v) is 17.6. The molecule has 0 saturated heterocycles. The van der Waals surface area contributed by atoms with Gasteiger partial charge in [0.1, 0.15) is 5.75 Å². The number of nitrogens with one attached hydrogen (secondary N) is 2. The summed E-state index contributed by atoms with van der Waals surface area (Å²) in [6.45, 7) is 6.82. The lowest BCUT2D eigenvalue weighted by molar-refractivity contribution is -0.137. The summed E-state index contributed by atoms with van der Waals surface area (Å²) in [5, 5.41) is 10.00. The van der Waals surface area contributed by atoms with Gasteiger partial charge in [0, 0.05) is 30.8 Å². The van der Waals surface area contributed by atoms with Gasteiger partial charge >= 0.3 is 6.18 Å². The topological polar surface area (TPSA) is 53.2 Å². The van der Waals surface area contributed by atoms with E-state index in [0.717, 1.165) is 43.6 Å². The molecule has 0 aliphatic rings. The van der Waals surface area contributed by atoms with Crippen molar-refractivity contribution in [3.63, 3.8) is 0 Å². The van der Waals surface area contributed by atoms with Gasteiger partial charge in [-0.3, -0.25) is 5.10 Å². The second-order valence-electron chi connectivity index (χ2n) is 7.74. The summed E-state index contributed by atoms with van der Waals surface area (Å²) < 4.78 is 46.0. The molecule has 162 valence electrons. The van der Waals surface area contributed by atoms with Gasteiger partial charge in [0.15, 0.2) is 0 Å². The van der Waals surface area contributed by atoms with Gasteiger partial charge < -0.3 is 15.0 Å². The molecule has 0 aliphatic carbocycles. The molecule has 2 rings (SSSR count). The van der Waals surface area contributed by atoms with Crippen molar-refractivity contribution < 1.29 is 17.9 Å². The van der Waals surface area contributed by atoms with Crippen molar-refractivity contribution in [2.45, 2.75) is 39.4 Å². The highest BCUT2D eigenvalue weighted by atomic mass is 19.4. The number of H-pyrrole nitrogens is 1. The summed E-state index contributed by atoms with van der Waals surface area (Å²) in [5.74, 6) is 0.755. The van der Waals surface area contributed by atoms with E-state index in [9.17, 15) is 13.2 Å². The molecule has 0 spiro atoms. The molecule has 2 N–H and O–H groups in total. The number of halogens is 3. The highest BCUT2D eigenvalue weighted by Crippen LogP contribution is 2.36. The molecule has 0 radical (unpaired) electrons. The lowest BCUT2D eigenvalue weighted by atomic mass is 10.0. The zero-order chi connectivity index (χ0) is 21.4. The Bertz CT molecular complexity index is 759. The van der Waals surface area contributed by atoms with Crippen LogP contribution in [0.25, 0.3) is 11.3 Å². The summed E-state index contributed by atoms with van der Waals surface area (Å²) >= 11 is 0. The van der Waals surface area contributed by atoms with Crippen molar-refractivity contribution in [1.29, 1.82) is 0 Å². The fraction of sp³-hybridized carbons (Fsp3) is 0.571. The third-order valence-electron chi connectivity index (χ3n) is 4.62. The Morgan fingerprint density at radius 2 is 2.00 bits per heavy atom. The molecule has 0 bridgehead atoms. The second kappa shape index (κ2) is 10.6. The maximum Gasteiger partial charge on any atom is 0.416 e. The van der Waals surface area contributed by atoms with Gasteiger partial charge in [-0.05, 0) is 51.1 Å². The van der Waals surface area contributed by atoms with Crippen molar-refractivity contribution in [2.24, 2.45) is 5.92 Å². The molecule has 0 saturated carbocycles. The van der Waals surface area contributed by atoms with Crippen molar-refractivity contribution in [1.82, 2.24) is 20.4 Å². The minimum atomic E-state index is -4.45. The fourth-order valence-electron chi connectivity index (χ4n) is 3.03. The first kappa shape index (κ1) is 23.2. The number of ether oxygens (including phenoxy) is 1. The van der Waals surface area contributed by atoms with Gasteiger partial charge in [-0.1, -0.05) is 13.8 Å². The van der Waals surface area contributed by atoms with Crippen molar-refractivity contribution >= 4 is 0 Å². The summed E-state index contributed by atoms with van der Waals surface area (Å²) in [6.07, 6.45) is -1.02. The SMILES string of the molecule is CNCCN(C)Cc1cn[nH]c1-c1cc(OCCCC(C)C)cc(C(F)(F)F)c1. The molecule has 29 heavy (non-hydrogen) atoms. The first-order valence-corrected chi connectivity index (χ1v) is 9.91. The highest BCUT2D eigenvalue weighted by molar-refractivity contribution is 5.65. The number of aromatic amines is 1. The molecule has 1 heterocycles. The molecule has 0 unspecified atom stereocenters. The van der Waals surface area contributed by atoms with Crippen molar-refractivity contribution in [2.75, 3.05) is 33.8 Å². The van der Waals surface area contributed by atoms with E-state index in [1.165, 1.54) is 0 Å². The summed E-state index contributed by atoms with van der Waals surface area (Å²) in [7, 11) is 3.84. The van der Waals surface area contributed by atoms with Crippen molar-refractivity contribution in [3.8, 4) is 17.0 Å². The number of rotatable bonds is 11. The molecule has 0 amide bonds. The average Bonchev–Trinajstić information content (AvgIpc) is 3.10. The van der Waals surface area contributed by atoms with Gasteiger partial charge in [0.25, 0.3) is 0 Å². The molecular weight excluding hydrogens is 381 g/mol. The van der Waals surface area contributed by atoms with Gasteiger partial charge in [0.2, 0.25) is 0 Å². The second-order valence-corrected chi connectivity index (χ2v) is 7.74. The number of aromatic nitrogens is 2. The van der Waals surface area contributed by atoms with Crippen LogP contribution in [0.1, 0.15) is 37.8 Å². The van der Waals surface area contributed by atoms with Crippen LogP contribution in [-0.4, -0.2) is 48.9 Å². The van der Waals surface area contributed by atoms with Crippen LogP contribution >= 0.6 is 0 Å². The molecular formula is C21H31F3N4O. The Morgan fingerprint density at radius 3 is 2.66 bits per heavy atom. The molecule has 0 fully saturated rings. The van der Waals surface area contributed by atoms with Crippen LogP contribution in [0.4, 0.5) is 13.2 Å². The number of benzene rings is 1. The van der Waals surface area contributed by atoms with Gasteiger partial charge in [-0.25, -0.2) is 0 Å². The van der Waals surface area contributed by atoms with Crippen LogP contribution < -0.4 is 10.1 Å². The monoisotopic (exact) mass is 412 g/mol. The van der Waals surface area contributed by atoms with E-state index >= 15 is 0 Å². The predicted octanol–water partition coefficient (Wildman–Crippen LogP) is 4.56. The zero-order valence-electron chi connectivity index (χ0n) is 17.6. The number of hydrogen-bond acceptors (Lipinski definition) is 4. The molecule has 5 nitrogen and oxygen atoms in total. The van der Waals surface area contributed by atoms with E-state index in [4.69, 9.17) is 4.74 Å². The fourth-order valence-corrected chi connectivity index (χ4v) is 3.03. The molecule has 1 aromatic carbocycles. The van der Waals surface area contributed by atoms with Crippen LogP contribution in [-0.2, 0) is 12.7 Å². The Hall–Kier alpha value is -2.06. The standard InChI is InChI=1S/C21H31F3N4O/c1-15(2)6-5-9-29-19-11-16(10-18(12-19)21(22,23)24)20-17(13-26-27-20)14-28(4)8-7-25-3/h10-13,15,25H,5-9,14H2,1-4H3,(H,26,27). The molecule has 2 aromatic rings. The van der Waals surface area contributed by atoms with Crippen LogP contribution in [0, 0.1) is 5.92 Å². The summed E-state index contributed by atoms with van der Waals surface area (Å²) in [6, 6.07) is 3.86. The number of hydrogen-bond donors (Lipinski definition) is 2. The Balaban J connectivity index is 2.25.